The van der Waals surface area contributed by atoms with E-state index in [1.807, 2.05) is 0 Å². The number of carbonyl (C=O) groups is 3. The molecule has 2 rings (SSSR count). The highest BCUT2D eigenvalue weighted by atomic mass is 16.7. The van der Waals surface area contributed by atoms with E-state index in [0.717, 1.165) is 38.5 Å². The summed E-state index contributed by atoms with van der Waals surface area (Å²) in [6, 6.07) is 1.64. The van der Waals surface area contributed by atoms with E-state index in [9.17, 15) is 14.4 Å². The van der Waals surface area contributed by atoms with Crippen LogP contribution in [0.2, 0.25) is 0 Å². The van der Waals surface area contributed by atoms with Crippen LogP contribution in [0.1, 0.15) is 117 Å². The SMILES string of the molecule is CCCCCCCCCC(=O)ON=C(CCCCC)c1cc(OC)c2c(c1OC)C(=O)C=CC2=O. The molecule has 1 aliphatic carbocycles. The highest BCUT2D eigenvalue weighted by molar-refractivity contribution is 6.25. The highest BCUT2D eigenvalue weighted by Gasteiger charge is 2.31. The number of nitrogens with zero attached hydrogens (tertiary/aromatic N) is 1. The lowest BCUT2D eigenvalue weighted by atomic mass is 9.88. The molecule has 1 aromatic carbocycles. The number of carbonyl (C=O) groups excluding carboxylic acids is 3. The largest absolute Gasteiger partial charge is 0.496 e. The second kappa shape index (κ2) is 15.1. The molecule has 0 spiro atoms. The Bertz CT molecular complexity index is 947. The summed E-state index contributed by atoms with van der Waals surface area (Å²) >= 11 is 0. The molecule has 0 atom stereocenters. The number of ketones is 2. The van der Waals surface area contributed by atoms with E-state index in [1.165, 1.54) is 52.1 Å². The Labute approximate surface area is 208 Å². The molecule has 0 amide bonds. The molecule has 1 aliphatic rings. The van der Waals surface area contributed by atoms with Crippen LogP contribution < -0.4 is 9.47 Å². The third-order valence-corrected chi connectivity index (χ3v) is 6.12. The van der Waals surface area contributed by atoms with Crippen LogP contribution in [0.4, 0.5) is 0 Å². The van der Waals surface area contributed by atoms with Crippen molar-refractivity contribution in [1.82, 2.24) is 0 Å². The molecule has 0 N–H and O–H groups in total. The number of ether oxygens (including phenoxy) is 2. The molecule has 0 heterocycles. The zero-order chi connectivity index (χ0) is 25.6. The van der Waals surface area contributed by atoms with Crippen LogP contribution in [0, 0.1) is 0 Å². The van der Waals surface area contributed by atoms with Gasteiger partial charge in [-0.2, -0.15) is 0 Å². The molecule has 1 aromatic rings. The molecule has 7 heteroatoms. The first kappa shape index (κ1) is 28.3. The average molecular weight is 486 g/mol. The lowest BCUT2D eigenvalue weighted by Crippen LogP contribution is -2.18. The number of methoxy groups -OCH3 is 2. The van der Waals surface area contributed by atoms with Gasteiger partial charge < -0.3 is 14.3 Å². The van der Waals surface area contributed by atoms with Crippen LogP contribution in [0.3, 0.4) is 0 Å². The minimum Gasteiger partial charge on any atom is -0.496 e. The second-order valence-electron chi connectivity index (χ2n) is 8.80. The molecule has 0 saturated heterocycles. The molecule has 192 valence electrons. The maximum absolute atomic E-state index is 12.7. The van der Waals surface area contributed by atoms with Crippen molar-refractivity contribution in [2.45, 2.75) is 90.9 Å². The Balaban J connectivity index is 2.25. The van der Waals surface area contributed by atoms with Gasteiger partial charge in [0.1, 0.15) is 11.5 Å². The molecule has 0 bridgehead atoms. The number of rotatable bonds is 16. The summed E-state index contributed by atoms with van der Waals surface area (Å²) < 4.78 is 11.0. The fourth-order valence-electron chi connectivity index (χ4n) is 4.18. The van der Waals surface area contributed by atoms with E-state index in [4.69, 9.17) is 14.3 Å². The topological polar surface area (TPSA) is 91.3 Å². The lowest BCUT2D eigenvalue weighted by molar-refractivity contribution is -0.143. The Morgan fingerprint density at radius 3 is 1.97 bits per heavy atom. The zero-order valence-electron chi connectivity index (χ0n) is 21.6. The van der Waals surface area contributed by atoms with Crippen molar-refractivity contribution in [3.63, 3.8) is 0 Å². The van der Waals surface area contributed by atoms with Crippen LogP contribution in [0.15, 0.2) is 23.4 Å². The number of oxime groups is 1. The Hall–Kier alpha value is -2.96. The molecule has 0 aliphatic heterocycles. The second-order valence-corrected chi connectivity index (χ2v) is 8.80. The van der Waals surface area contributed by atoms with E-state index >= 15 is 0 Å². The molecule has 0 fully saturated rings. The maximum Gasteiger partial charge on any atom is 0.335 e. The summed E-state index contributed by atoms with van der Waals surface area (Å²) in [4.78, 5) is 42.9. The van der Waals surface area contributed by atoms with Gasteiger partial charge in [0.15, 0.2) is 11.6 Å². The highest BCUT2D eigenvalue weighted by Crippen LogP contribution is 2.38. The molecule has 7 nitrogen and oxygen atoms in total. The third kappa shape index (κ3) is 8.05. The number of unbranched alkanes of at least 4 members (excludes halogenated alkanes) is 8. The fourth-order valence-corrected chi connectivity index (χ4v) is 4.18. The molecule has 0 radical (unpaired) electrons. The summed E-state index contributed by atoms with van der Waals surface area (Å²) in [5.41, 5.74) is 1.29. The Morgan fingerprint density at radius 2 is 1.34 bits per heavy atom. The van der Waals surface area contributed by atoms with Gasteiger partial charge in [0.05, 0.1) is 31.1 Å². The van der Waals surface area contributed by atoms with Gasteiger partial charge in [-0.3, -0.25) is 9.59 Å². The Kier molecular flexibility index (Phi) is 12.2. The summed E-state index contributed by atoms with van der Waals surface area (Å²) in [7, 11) is 2.88. The van der Waals surface area contributed by atoms with Gasteiger partial charge in [-0.15, -0.1) is 0 Å². The first-order chi connectivity index (χ1) is 17.0. The number of fused-ring (bicyclic) bond motifs is 1. The minimum absolute atomic E-state index is 0.145. The standard InChI is InChI=1S/C28H39NO6/c1-5-7-9-10-11-12-14-16-25(32)35-29-21(15-13-8-6-2)20-19-24(33-3)26-22(30)17-18-23(31)27(26)28(20)34-4/h17-19H,5-16H2,1-4H3. The maximum atomic E-state index is 12.7. The van der Waals surface area contributed by atoms with Crippen molar-refractivity contribution in [3.05, 3.63) is 34.9 Å². The summed E-state index contributed by atoms with van der Waals surface area (Å²) in [6.45, 7) is 4.29. The number of benzene rings is 1. The summed E-state index contributed by atoms with van der Waals surface area (Å²) in [5.74, 6) is -0.560. The van der Waals surface area contributed by atoms with Crippen LogP contribution in [-0.4, -0.2) is 37.5 Å². The summed E-state index contributed by atoms with van der Waals surface area (Å²) in [5, 5.41) is 4.20. The van der Waals surface area contributed by atoms with Crippen molar-refractivity contribution < 1.29 is 28.7 Å². The molecular weight excluding hydrogens is 446 g/mol. The van der Waals surface area contributed by atoms with E-state index in [0.29, 0.717) is 24.1 Å². The van der Waals surface area contributed by atoms with Crippen LogP contribution in [0.5, 0.6) is 11.5 Å². The van der Waals surface area contributed by atoms with Crippen molar-refractivity contribution in [3.8, 4) is 11.5 Å². The first-order valence-corrected chi connectivity index (χ1v) is 12.8. The van der Waals surface area contributed by atoms with Gasteiger partial charge in [-0.25, -0.2) is 4.79 Å². The number of hydrogen-bond donors (Lipinski definition) is 0. The fraction of sp³-hybridized carbons (Fsp3) is 0.571. The average Bonchev–Trinajstić information content (AvgIpc) is 2.86. The quantitative estimate of drug-likeness (QED) is 0.113. The van der Waals surface area contributed by atoms with Crippen molar-refractivity contribution in [2.24, 2.45) is 5.16 Å². The van der Waals surface area contributed by atoms with Crippen LogP contribution >= 0.6 is 0 Å². The molecule has 0 aromatic heterocycles. The van der Waals surface area contributed by atoms with Crippen molar-refractivity contribution in [1.29, 1.82) is 0 Å². The van der Waals surface area contributed by atoms with Crippen LogP contribution in [-0.2, 0) is 9.63 Å². The number of hydrogen-bond acceptors (Lipinski definition) is 7. The smallest absolute Gasteiger partial charge is 0.335 e. The molecule has 0 saturated carbocycles. The predicted octanol–water partition coefficient (Wildman–Crippen LogP) is 6.61. The van der Waals surface area contributed by atoms with Gasteiger partial charge in [-0.1, -0.05) is 70.4 Å². The van der Waals surface area contributed by atoms with E-state index in [1.54, 1.807) is 6.07 Å². The molecular formula is C28H39NO6. The van der Waals surface area contributed by atoms with Gasteiger partial charge in [0.25, 0.3) is 0 Å². The van der Waals surface area contributed by atoms with Crippen LogP contribution in [0.25, 0.3) is 0 Å². The molecule has 0 unspecified atom stereocenters. The molecule has 35 heavy (non-hydrogen) atoms. The zero-order valence-corrected chi connectivity index (χ0v) is 21.6. The number of allylic oxidation sites excluding steroid dienone is 2. The minimum atomic E-state index is -0.385. The Morgan fingerprint density at radius 1 is 0.771 bits per heavy atom. The van der Waals surface area contributed by atoms with Gasteiger partial charge in [0, 0.05) is 12.0 Å². The monoisotopic (exact) mass is 485 g/mol. The van der Waals surface area contributed by atoms with Gasteiger partial charge >= 0.3 is 5.97 Å². The lowest BCUT2D eigenvalue weighted by Gasteiger charge is -2.20. The first-order valence-electron chi connectivity index (χ1n) is 12.8. The van der Waals surface area contributed by atoms with Gasteiger partial charge in [-0.05, 0) is 37.5 Å². The predicted molar refractivity (Wildman–Crippen MR) is 137 cm³/mol. The van der Waals surface area contributed by atoms with E-state index in [2.05, 4.69) is 19.0 Å². The van der Waals surface area contributed by atoms with Crippen molar-refractivity contribution >= 4 is 23.2 Å². The van der Waals surface area contributed by atoms with Crippen molar-refractivity contribution in [2.75, 3.05) is 14.2 Å². The third-order valence-electron chi connectivity index (χ3n) is 6.12. The van der Waals surface area contributed by atoms with E-state index in [-0.39, 0.29) is 40.2 Å². The summed E-state index contributed by atoms with van der Waals surface area (Å²) in [6.07, 6.45) is 13.9. The normalized spacial score (nSPS) is 13.1. The van der Waals surface area contributed by atoms with Gasteiger partial charge in [0.2, 0.25) is 0 Å². The van der Waals surface area contributed by atoms with E-state index < -0.39 is 0 Å².